The molecule has 0 spiro atoms. The zero-order chi connectivity index (χ0) is 20.8. The molecule has 2 N–H and O–H groups in total. The van der Waals surface area contributed by atoms with Gasteiger partial charge in [0.05, 0.1) is 12.6 Å². The summed E-state index contributed by atoms with van der Waals surface area (Å²) in [5.41, 5.74) is 0.912. The molecule has 1 fully saturated rings. The summed E-state index contributed by atoms with van der Waals surface area (Å²) in [6.45, 7) is 2.03. The number of hydrogen-bond donors (Lipinski definition) is 2. The second-order valence-electron chi connectivity index (χ2n) is 7.29. The van der Waals surface area contributed by atoms with Crippen molar-refractivity contribution in [2.45, 2.75) is 19.3 Å². The van der Waals surface area contributed by atoms with Crippen LogP contribution in [0.2, 0.25) is 0 Å². The summed E-state index contributed by atoms with van der Waals surface area (Å²) in [6.07, 6.45) is 1.66. The van der Waals surface area contributed by atoms with Gasteiger partial charge in [-0.2, -0.15) is 0 Å². The van der Waals surface area contributed by atoms with Crippen molar-refractivity contribution in [3.63, 3.8) is 0 Å². The third-order valence-corrected chi connectivity index (χ3v) is 5.53. The standard InChI is InChI=1S/C21H28N4O4/c1-22-20(26)14-25(21(27)28)13-10-15-8-11-24(12-9-15)19-7-6-16-17(23-19)4-3-5-18(16)29-2/h3-7,15H,8-14H2,1-2H3,(H,22,26)(H,27,28). The number of hydrogen-bond acceptors (Lipinski definition) is 5. The van der Waals surface area contributed by atoms with E-state index in [-0.39, 0.29) is 12.5 Å². The normalized spacial score (nSPS) is 14.6. The van der Waals surface area contributed by atoms with Gasteiger partial charge in [-0.1, -0.05) is 6.07 Å². The molecule has 0 saturated carbocycles. The minimum Gasteiger partial charge on any atom is -0.496 e. The Labute approximate surface area is 170 Å². The van der Waals surface area contributed by atoms with Gasteiger partial charge in [-0.05, 0) is 49.4 Å². The number of aromatic nitrogens is 1. The zero-order valence-electron chi connectivity index (χ0n) is 16.9. The predicted molar refractivity (Wildman–Crippen MR) is 112 cm³/mol. The van der Waals surface area contributed by atoms with Crippen LogP contribution in [0.4, 0.5) is 10.6 Å². The van der Waals surface area contributed by atoms with Crippen LogP contribution in [-0.2, 0) is 4.79 Å². The highest BCUT2D eigenvalue weighted by atomic mass is 16.5. The zero-order valence-corrected chi connectivity index (χ0v) is 16.9. The minimum atomic E-state index is -1.05. The first-order valence-corrected chi connectivity index (χ1v) is 9.89. The summed E-state index contributed by atoms with van der Waals surface area (Å²) >= 11 is 0. The number of methoxy groups -OCH3 is 1. The maximum atomic E-state index is 11.5. The summed E-state index contributed by atoms with van der Waals surface area (Å²) in [5.74, 6) is 1.93. The molecule has 2 heterocycles. The molecule has 1 aromatic carbocycles. The summed E-state index contributed by atoms with van der Waals surface area (Å²) < 4.78 is 5.40. The van der Waals surface area contributed by atoms with Crippen LogP contribution in [0.5, 0.6) is 5.75 Å². The molecule has 0 aliphatic carbocycles. The molecule has 2 amide bonds. The molecule has 8 heteroatoms. The topological polar surface area (TPSA) is 95.0 Å². The Morgan fingerprint density at radius 1 is 1.28 bits per heavy atom. The predicted octanol–water partition coefficient (Wildman–Crippen LogP) is 2.58. The van der Waals surface area contributed by atoms with E-state index in [2.05, 4.69) is 10.2 Å². The van der Waals surface area contributed by atoms with Crippen molar-refractivity contribution in [3.05, 3.63) is 30.3 Å². The smallest absolute Gasteiger partial charge is 0.407 e. The first-order valence-electron chi connectivity index (χ1n) is 9.89. The van der Waals surface area contributed by atoms with Crippen molar-refractivity contribution in [2.75, 3.05) is 45.2 Å². The van der Waals surface area contributed by atoms with Gasteiger partial charge >= 0.3 is 6.09 Å². The number of benzene rings is 1. The molecule has 2 aromatic rings. The van der Waals surface area contributed by atoms with Crippen molar-refractivity contribution >= 4 is 28.7 Å². The van der Waals surface area contributed by atoms with Crippen LogP contribution in [0.25, 0.3) is 10.9 Å². The molecule has 3 rings (SSSR count). The van der Waals surface area contributed by atoms with E-state index < -0.39 is 6.09 Å². The molecule has 1 saturated heterocycles. The number of rotatable bonds is 7. The first kappa shape index (κ1) is 20.7. The molecular formula is C21H28N4O4. The Hall–Kier alpha value is -3.03. The molecule has 0 bridgehead atoms. The van der Waals surface area contributed by atoms with Crippen molar-refractivity contribution in [2.24, 2.45) is 5.92 Å². The quantitative estimate of drug-likeness (QED) is 0.742. The molecule has 1 aromatic heterocycles. The molecule has 0 atom stereocenters. The molecule has 156 valence electrons. The van der Waals surface area contributed by atoms with Crippen LogP contribution in [-0.4, -0.2) is 67.3 Å². The third-order valence-electron chi connectivity index (χ3n) is 5.53. The molecule has 8 nitrogen and oxygen atoms in total. The average Bonchev–Trinajstić information content (AvgIpc) is 2.75. The number of piperidine rings is 1. The number of nitrogens with one attached hydrogen (secondary N) is 1. The SMILES string of the molecule is CNC(=O)CN(CCC1CCN(c2ccc3c(OC)cccc3n2)CC1)C(=O)O. The van der Waals surface area contributed by atoms with E-state index in [9.17, 15) is 14.7 Å². The van der Waals surface area contributed by atoms with Gasteiger partial charge < -0.3 is 20.1 Å². The fraction of sp³-hybridized carbons (Fsp3) is 0.476. The van der Waals surface area contributed by atoms with E-state index in [0.717, 1.165) is 54.8 Å². The fourth-order valence-electron chi connectivity index (χ4n) is 3.75. The van der Waals surface area contributed by atoms with E-state index in [1.54, 1.807) is 7.11 Å². The number of carbonyl (C=O) groups is 2. The Balaban J connectivity index is 1.55. The Morgan fingerprint density at radius 2 is 2.03 bits per heavy atom. The Morgan fingerprint density at radius 3 is 2.69 bits per heavy atom. The van der Waals surface area contributed by atoms with E-state index in [0.29, 0.717) is 12.5 Å². The highest BCUT2D eigenvalue weighted by molar-refractivity contribution is 5.86. The number of amides is 2. The van der Waals surface area contributed by atoms with Crippen molar-refractivity contribution < 1.29 is 19.4 Å². The summed E-state index contributed by atoms with van der Waals surface area (Å²) in [5, 5.41) is 12.7. The van der Waals surface area contributed by atoms with Crippen LogP contribution in [0.1, 0.15) is 19.3 Å². The van der Waals surface area contributed by atoms with Crippen molar-refractivity contribution in [1.82, 2.24) is 15.2 Å². The number of nitrogens with zero attached hydrogens (tertiary/aromatic N) is 3. The number of ether oxygens (including phenoxy) is 1. The molecule has 0 radical (unpaired) electrons. The monoisotopic (exact) mass is 400 g/mol. The molecule has 1 aliphatic heterocycles. The molecule has 0 unspecified atom stereocenters. The molecule has 29 heavy (non-hydrogen) atoms. The van der Waals surface area contributed by atoms with Gasteiger partial charge in [0.25, 0.3) is 0 Å². The van der Waals surface area contributed by atoms with Gasteiger partial charge in [0.2, 0.25) is 5.91 Å². The lowest BCUT2D eigenvalue weighted by Gasteiger charge is -2.33. The number of likely N-dealkylation sites (N-methyl/N-ethyl adjacent to an activating group) is 1. The van der Waals surface area contributed by atoms with Gasteiger partial charge in [0, 0.05) is 32.1 Å². The van der Waals surface area contributed by atoms with E-state index >= 15 is 0 Å². The largest absolute Gasteiger partial charge is 0.496 e. The Bertz CT molecular complexity index is 865. The lowest BCUT2D eigenvalue weighted by molar-refractivity contribution is -0.121. The highest BCUT2D eigenvalue weighted by Gasteiger charge is 2.23. The van der Waals surface area contributed by atoms with Crippen molar-refractivity contribution in [1.29, 1.82) is 0 Å². The van der Waals surface area contributed by atoms with Crippen LogP contribution in [0.15, 0.2) is 30.3 Å². The summed E-state index contributed by atoms with van der Waals surface area (Å²) in [6, 6.07) is 9.94. The summed E-state index contributed by atoms with van der Waals surface area (Å²) in [7, 11) is 3.17. The van der Waals surface area contributed by atoms with Crippen LogP contribution >= 0.6 is 0 Å². The second kappa shape index (κ2) is 9.45. The number of pyridine rings is 1. The lowest BCUT2D eigenvalue weighted by atomic mass is 9.93. The Kier molecular flexibility index (Phi) is 6.74. The van der Waals surface area contributed by atoms with Gasteiger partial charge in [0.15, 0.2) is 0 Å². The number of fused-ring (bicyclic) bond motifs is 1. The lowest BCUT2D eigenvalue weighted by Crippen LogP contribution is -2.41. The first-order chi connectivity index (χ1) is 14.0. The third kappa shape index (κ3) is 5.07. The van der Waals surface area contributed by atoms with Gasteiger partial charge in [0.1, 0.15) is 18.1 Å². The average molecular weight is 400 g/mol. The van der Waals surface area contributed by atoms with Crippen LogP contribution < -0.4 is 15.0 Å². The van der Waals surface area contributed by atoms with Gasteiger partial charge in [-0.15, -0.1) is 0 Å². The molecular weight excluding hydrogens is 372 g/mol. The number of anilines is 1. The maximum Gasteiger partial charge on any atom is 0.407 e. The van der Waals surface area contributed by atoms with E-state index in [4.69, 9.17) is 9.72 Å². The molecule has 1 aliphatic rings. The van der Waals surface area contributed by atoms with E-state index in [1.807, 2.05) is 30.3 Å². The highest BCUT2D eigenvalue weighted by Crippen LogP contribution is 2.29. The minimum absolute atomic E-state index is 0.116. The van der Waals surface area contributed by atoms with Crippen LogP contribution in [0.3, 0.4) is 0 Å². The van der Waals surface area contributed by atoms with Gasteiger partial charge in [-0.25, -0.2) is 9.78 Å². The number of carbonyl (C=O) groups excluding carboxylic acids is 1. The van der Waals surface area contributed by atoms with E-state index in [1.165, 1.54) is 11.9 Å². The van der Waals surface area contributed by atoms with Gasteiger partial charge in [-0.3, -0.25) is 9.69 Å². The summed E-state index contributed by atoms with van der Waals surface area (Å²) in [4.78, 5) is 31.1. The second-order valence-corrected chi connectivity index (χ2v) is 7.29. The van der Waals surface area contributed by atoms with Crippen molar-refractivity contribution in [3.8, 4) is 5.75 Å². The van der Waals surface area contributed by atoms with Crippen LogP contribution in [0, 0.1) is 5.92 Å². The fourth-order valence-corrected chi connectivity index (χ4v) is 3.75. The maximum absolute atomic E-state index is 11.5. The number of carboxylic acid groups (broad SMARTS) is 1.